The van der Waals surface area contributed by atoms with Crippen molar-refractivity contribution in [2.75, 3.05) is 0 Å². The van der Waals surface area contributed by atoms with Crippen molar-refractivity contribution in [2.45, 2.75) is 23.1 Å². The molecule has 0 atom stereocenters. The minimum Gasteiger partial charge on any atom is -0.192 e. The van der Waals surface area contributed by atoms with E-state index in [1.165, 1.54) is 11.8 Å². The van der Waals surface area contributed by atoms with Crippen molar-refractivity contribution in [3.05, 3.63) is 34.3 Å². The molecule has 0 aromatic carbocycles. The Morgan fingerprint density at radius 2 is 2.19 bits per heavy atom. The van der Waals surface area contributed by atoms with E-state index in [2.05, 4.69) is 16.3 Å². The van der Waals surface area contributed by atoms with Gasteiger partial charge < -0.3 is 0 Å². The highest BCUT2D eigenvalue weighted by molar-refractivity contribution is 8.01. The van der Waals surface area contributed by atoms with Gasteiger partial charge in [-0.15, -0.1) is 16.4 Å². The van der Waals surface area contributed by atoms with Crippen LogP contribution in [0.2, 0.25) is 0 Å². The molecular weight excluding hydrogens is 238 g/mol. The van der Waals surface area contributed by atoms with E-state index >= 15 is 0 Å². The second kappa shape index (κ2) is 4.64. The molecule has 0 bridgehead atoms. The summed E-state index contributed by atoms with van der Waals surface area (Å²) in [7, 11) is 0. The molecule has 0 saturated heterocycles. The largest absolute Gasteiger partial charge is 0.192 e. The van der Waals surface area contributed by atoms with Crippen molar-refractivity contribution in [2.24, 2.45) is 0 Å². The van der Waals surface area contributed by atoms with Gasteiger partial charge in [-0.05, 0) is 30.9 Å². The minimum absolute atomic E-state index is 0.630. The predicted octanol–water partition coefficient (Wildman–Crippen LogP) is 3.18. The fourth-order valence-electron chi connectivity index (χ4n) is 1.21. The van der Waals surface area contributed by atoms with Crippen LogP contribution in [-0.2, 0) is 0 Å². The summed E-state index contributed by atoms with van der Waals surface area (Å²) in [5.74, 6) is 0. The molecule has 3 nitrogen and oxygen atoms in total. The Labute approximate surface area is 102 Å². The number of aromatic nitrogens is 2. The first-order chi connectivity index (χ1) is 7.72. The quantitative estimate of drug-likeness (QED) is 0.817. The summed E-state index contributed by atoms with van der Waals surface area (Å²) in [6, 6.07) is 6.19. The van der Waals surface area contributed by atoms with E-state index in [4.69, 9.17) is 5.26 Å². The average Bonchev–Trinajstić information content (AvgIpc) is 2.77. The number of aryl methyl sites for hydroxylation is 1. The van der Waals surface area contributed by atoms with Gasteiger partial charge in [0.1, 0.15) is 11.1 Å². The standard InChI is InChI=1S/C11H9N3S2/c1-7-8(2)13-14-11(9(7)6-12)16-10-4-3-5-15-10/h3-5H,1-2H3. The van der Waals surface area contributed by atoms with Crippen LogP contribution in [0.25, 0.3) is 0 Å². The van der Waals surface area contributed by atoms with E-state index in [0.717, 1.165) is 15.5 Å². The molecule has 2 rings (SSSR count). The molecule has 0 aliphatic carbocycles. The first kappa shape index (κ1) is 11.1. The van der Waals surface area contributed by atoms with Crippen LogP contribution in [0.15, 0.2) is 26.7 Å². The van der Waals surface area contributed by atoms with Gasteiger partial charge in [0.15, 0.2) is 0 Å². The van der Waals surface area contributed by atoms with E-state index < -0.39 is 0 Å². The van der Waals surface area contributed by atoms with Gasteiger partial charge >= 0.3 is 0 Å². The first-order valence-corrected chi connectivity index (χ1v) is 6.37. The number of nitriles is 1. The van der Waals surface area contributed by atoms with E-state index in [0.29, 0.717) is 10.6 Å². The molecule has 0 aliphatic rings. The number of hydrogen-bond donors (Lipinski definition) is 0. The maximum atomic E-state index is 9.12. The van der Waals surface area contributed by atoms with Gasteiger partial charge in [-0.25, -0.2) is 0 Å². The fourth-order valence-corrected chi connectivity index (χ4v) is 2.97. The zero-order valence-corrected chi connectivity index (χ0v) is 10.5. The van der Waals surface area contributed by atoms with Crippen LogP contribution < -0.4 is 0 Å². The Bertz CT molecular complexity index is 541. The van der Waals surface area contributed by atoms with Crippen LogP contribution in [0.5, 0.6) is 0 Å². The van der Waals surface area contributed by atoms with Gasteiger partial charge in [-0.3, -0.25) is 0 Å². The Hall–Kier alpha value is -1.38. The van der Waals surface area contributed by atoms with Crippen LogP contribution in [0, 0.1) is 25.2 Å². The molecule has 2 heterocycles. The van der Waals surface area contributed by atoms with Crippen molar-refractivity contribution in [3.63, 3.8) is 0 Å². The van der Waals surface area contributed by atoms with Crippen LogP contribution in [0.1, 0.15) is 16.8 Å². The van der Waals surface area contributed by atoms with Crippen LogP contribution in [0.3, 0.4) is 0 Å². The molecule has 5 heteroatoms. The topological polar surface area (TPSA) is 49.6 Å². The molecule has 0 radical (unpaired) electrons. The number of rotatable bonds is 2. The van der Waals surface area contributed by atoms with Crippen LogP contribution >= 0.6 is 23.1 Å². The highest BCUT2D eigenvalue weighted by atomic mass is 32.2. The van der Waals surface area contributed by atoms with Gasteiger partial charge in [0.2, 0.25) is 0 Å². The van der Waals surface area contributed by atoms with Gasteiger partial charge in [0.05, 0.1) is 15.5 Å². The molecule has 0 unspecified atom stereocenters. The van der Waals surface area contributed by atoms with E-state index in [1.807, 2.05) is 31.4 Å². The average molecular weight is 247 g/mol. The Morgan fingerprint density at radius 1 is 1.38 bits per heavy atom. The molecule has 16 heavy (non-hydrogen) atoms. The predicted molar refractivity (Wildman–Crippen MR) is 64.7 cm³/mol. The molecule has 0 amide bonds. The normalized spacial score (nSPS) is 10.1. The van der Waals surface area contributed by atoms with Gasteiger partial charge in [-0.2, -0.15) is 10.4 Å². The third-order valence-corrected chi connectivity index (χ3v) is 4.24. The molecular formula is C11H9N3S2. The highest BCUT2D eigenvalue weighted by Gasteiger charge is 2.12. The minimum atomic E-state index is 0.630. The van der Waals surface area contributed by atoms with E-state index in [-0.39, 0.29) is 0 Å². The second-order valence-electron chi connectivity index (χ2n) is 3.24. The number of hydrogen-bond acceptors (Lipinski definition) is 5. The van der Waals surface area contributed by atoms with Crippen molar-refractivity contribution < 1.29 is 0 Å². The lowest BCUT2D eigenvalue weighted by atomic mass is 10.1. The van der Waals surface area contributed by atoms with Gasteiger partial charge in [0.25, 0.3) is 0 Å². The maximum Gasteiger partial charge on any atom is 0.142 e. The van der Waals surface area contributed by atoms with Crippen LogP contribution in [-0.4, -0.2) is 10.2 Å². The van der Waals surface area contributed by atoms with Crippen molar-refractivity contribution in [1.82, 2.24) is 10.2 Å². The number of nitrogens with zero attached hydrogens (tertiary/aromatic N) is 3. The van der Waals surface area contributed by atoms with E-state index in [1.54, 1.807) is 11.3 Å². The second-order valence-corrected chi connectivity index (χ2v) is 5.47. The smallest absolute Gasteiger partial charge is 0.142 e. The molecule has 2 aromatic rings. The van der Waals surface area contributed by atoms with Crippen molar-refractivity contribution in [3.8, 4) is 6.07 Å². The SMILES string of the molecule is Cc1nnc(Sc2cccs2)c(C#N)c1C. The zero-order valence-electron chi connectivity index (χ0n) is 8.89. The summed E-state index contributed by atoms with van der Waals surface area (Å²) in [5.41, 5.74) is 2.36. The highest BCUT2D eigenvalue weighted by Crippen LogP contribution is 2.32. The molecule has 2 aromatic heterocycles. The third kappa shape index (κ3) is 2.08. The van der Waals surface area contributed by atoms with Gasteiger partial charge in [-0.1, -0.05) is 17.8 Å². The van der Waals surface area contributed by atoms with Crippen molar-refractivity contribution in [1.29, 1.82) is 5.26 Å². The third-order valence-electron chi connectivity index (χ3n) is 2.23. The lowest BCUT2D eigenvalue weighted by molar-refractivity contribution is 0.871. The summed E-state index contributed by atoms with van der Waals surface area (Å²) >= 11 is 3.12. The summed E-state index contributed by atoms with van der Waals surface area (Å²) < 4.78 is 1.12. The zero-order chi connectivity index (χ0) is 11.5. The lowest BCUT2D eigenvalue weighted by Gasteiger charge is -2.04. The molecule has 80 valence electrons. The monoisotopic (exact) mass is 247 g/mol. The van der Waals surface area contributed by atoms with Gasteiger partial charge in [0, 0.05) is 0 Å². The number of thiophene rings is 1. The van der Waals surface area contributed by atoms with Crippen LogP contribution in [0.4, 0.5) is 0 Å². The maximum absolute atomic E-state index is 9.12. The first-order valence-electron chi connectivity index (χ1n) is 4.67. The molecule has 0 aliphatic heterocycles. The molecule has 0 fully saturated rings. The molecule has 0 N–H and O–H groups in total. The summed E-state index contributed by atoms with van der Waals surface area (Å²) in [4.78, 5) is 0. The Balaban J connectivity index is 2.42. The summed E-state index contributed by atoms with van der Waals surface area (Å²) in [6.07, 6.45) is 0. The fraction of sp³-hybridized carbons (Fsp3) is 0.182. The summed E-state index contributed by atoms with van der Waals surface area (Å²) in [6.45, 7) is 3.77. The Morgan fingerprint density at radius 3 is 2.81 bits per heavy atom. The molecule has 0 saturated carbocycles. The molecule has 0 spiro atoms. The van der Waals surface area contributed by atoms with Crippen molar-refractivity contribution >= 4 is 23.1 Å². The lowest BCUT2D eigenvalue weighted by Crippen LogP contribution is -1.98. The Kier molecular flexibility index (Phi) is 3.22. The van der Waals surface area contributed by atoms with E-state index in [9.17, 15) is 0 Å². The summed E-state index contributed by atoms with van der Waals surface area (Å²) in [5, 5.41) is 19.9.